The zero-order valence-electron chi connectivity index (χ0n) is 15.6. The second-order valence-electron chi connectivity index (χ2n) is 6.92. The Hall–Kier alpha value is -3.21. The Labute approximate surface area is 164 Å². The fraction of sp³-hybridized carbons (Fsp3) is 0.217. The van der Waals surface area contributed by atoms with E-state index in [1.807, 2.05) is 12.1 Å². The number of halogens is 1. The molecule has 1 aromatic heterocycles. The molecule has 142 valence electrons. The van der Waals surface area contributed by atoms with Crippen LogP contribution in [0, 0.1) is 5.82 Å². The number of hydrogen-bond donors (Lipinski definition) is 1. The molecule has 0 saturated carbocycles. The van der Waals surface area contributed by atoms with Crippen molar-refractivity contribution in [1.82, 2.24) is 10.3 Å². The molecular weight excluding hydrogens is 353 g/mol. The summed E-state index contributed by atoms with van der Waals surface area (Å²) in [6, 6.07) is 18.2. The van der Waals surface area contributed by atoms with Crippen molar-refractivity contribution < 1.29 is 9.18 Å². The van der Waals surface area contributed by atoms with Crippen molar-refractivity contribution in [1.29, 1.82) is 0 Å². The van der Waals surface area contributed by atoms with Crippen LogP contribution in [0.1, 0.15) is 27.9 Å². The molecule has 0 bridgehead atoms. The van der Waals surface area contributed by atoms with Gasteiger partial charge in [-0.1, -0.05) is 30.3 Å². The summed E-state index contributed by atoms with van der Waals surface area (Å²) in [4.78, 5) is 19.2. The average molecular weight is 375 g/mol. The molecule has 28 heavy (non-hydrogen) atoms. The molecule has 5 heteroatoms. The summed E-state index contributed by atoms with van der Waals surface area (Å²) < 4.78 is 13.0. The maximum atomic E-state index is 13.0. The van der Waals surface area contributed by atoms with Crippen molar-refractivity contribution in [3.63, 3.8) is 0 Å². The highest BCUT2D eigenvalue weighted by atomic mass is 19.1. The summed E-state index contributed by atoms with van der Waals surface area (Å²) in [6.07, 6.45) is 4.47. The molecule has 4 rings (SSSR count). The summed E-state index contributed by atoms with van der Waals surface area (Å²) in [5.74, 6) is 0.408. The monoisotopic (exact) mass is 375 g/mol. The standard InChI is InChI=1S/C23H22FN3O/c24-20-9-7-17(8-10-20)11-13-26-23(28)19-12-14-25-22(16-19)27-15-3-5-18-4-1-2-6-21(18)27/h1-2,4,6-10,12,14,16H,3,5,11,13,15H2,(H,26,28). The second-order valence-corrected chi connectivity index (χ2v) is 6.92. The minimum absolute atomic E-state index is 0.129. The maximum absolute atomic E-state index is 13.0. The van der Waals surface area contributed by atoms with Gasteiger partial charge in [0.05, 0.1) is 0 Å². The van der Waals surface area contributed by atoms with Gasteiger partial charge >= 0.3 is 0 Å². The highest BCUT2D eigenvalue weighted by Crippen LogP contribution is 2.32. The number of carbonyl (C=O) groups excluding carboxylic acids is 1. The lowest BCUT2D eigenvalue weighted by molar-refractivity contribution is 0.0954. The van der Waals surface area contributed by atoms with E-state index in [0.29, 0.717) is 18.5 Å². The Kier molecular flexibility index (Phi) is 5.33. The van der Waals surface area contributed by atoms with E-state index in [2.05, 4.69) is 33.4 Å². The fourth-order valence-corrected chi connectivity index (χ4v) is 3.55. The number of hydrogen-bond acceptors (Lipinski definition) is 3. The van der Waals surface area contributed by atoms with Crippen LogP contribution in [0.2, 0.25) is 0 Å². The summed E-state index contributed by atoms with van der Waals surface area (Å²) in [5.41, 5.74) is 4.05. The number of carbonyl (C=O) groups is 1. The fourth-order valence-electron chi connectivity index (χ4n) is 3.55. The average Bonchev–Trinajstić information content (AvgIpc) is 2.75. The van der Waals surface area contributed by atoms with Crippen molar-refractivity contribution in [3.05, 3.63) is 89.4 Å². The number of para-hydroxylation sites is 1. The molecule has 0 aliphatic carbocycles. The lowest BCUT2D eigenvalue weighted by atomic mass is 10.0. The van der Waals surface area contributed by atoms with E-state index in [-0.39, 0.29) is 11.7 Å². The van der Waals surface area contributed by atoms with E-state index in [1.165, 1.54) is 17.7 Å². The van der Waals surface area contributed by atoms with Gasteiger partial charge in [-0.3, -0.25) is 4.79 Å². The van der Waals surface area contributed by atoms with Gasteiger partial charge in [0.1, 0.15) is 11.6 Å². The summed E-state index contributed by atoms with van der Waals surface area (Å²) in [5, 5.41) is 2.93. The second kappa shape index (κ2) is 8.21. The van der Waals surface area contributed by atoms with Gasteiger partial charge < -0.3 is 10.2 Å². The lowest BCUT2D eigenvalue weighted by Gasteiger charge is -2.30. The van der Waals surface area contributed by atoms with Gasteiger partial charge in [0.15, 0.2) is 0 Å². The van der Waals surface area contributed by atoms with E-state index < -0.39 is 0 Å². The van der Waals surface area contributed by atoms with Crippen LogP contribution in [0.25, 0.3) is 0 Å². The van der Waals surface area contributed by atoms with Gasteiger partial charge in [-0.2, -0.15) is 0 Å². The number of fused-ring (bicyclic) bond motifs is 1. The molecule has 2 heterocycles. The van der Waals surface area contributed by atoms with Gasteiger partial charge in [-0.25, -0.2) is 9.37 Å². The molecule has 0 fully saturated rings. The van der Waals surface area contributed by atoms with Crippen LogP contribution in [0.15, 0.2) is 66.9 Å². The first-order chi connectivity index (χ1) is 13.7. The molecule has 2 aromatic carbocycles. The van der Waals surface area contributed by atoms with Crippen molar-refractivity contribution >= 4 is 17.4 Å². The number of pyridine rings is 1. The van der Waals surface area contributed by atoms with Gasteiger partial charge in [0, 0.05) is 30.5 Å². The third kappa shape index (κ3) is 4.03. The van der Waals surface area contributed by atoms with Crippen LogP contribution in [-0.2, 0) is 12.8 Å². The van der Waals surface area contributed by atoms with Gasteiger partial charge in [0.25, 0.3) is 5.91 Å². The van der Waals surface area contributed by atoms with Crippen LogP contribution in [-0.4, -0.2) is 24.0 Å². The van der Waals surface area contributed by atoms with Crippen LogP contribution < -0.4 is 10.2 Å². The third-order valence-electron chi connectivity index (χ3n) is 5.01. The first-order valence-corrected chi connectivity index (χ1v) is 9.55. The molecule has 3 aromatic rings. The highest BCUT2D eigenvalue weighted by molar-refractivity contribution is 5.95. The molecule has 1 aliphatic heterocycles. The predicted octanol–water partition coefficient (Wildman–Crippen LogP) is 4.28. The number of nitrogens with zero attached hydrogens (tertiary/aromatic N) is 2. The van der Waals surface area contributed by atoms with Gasteiger partial charge in [-0.05, 0) is 60.7 Å². The van der Waals surface area contributed by atoms with E-state index in [0.717, 1.165) is 36.5 Å². The molecule has 1 aliphatic rings. The Morgan fingerprint density at radius 3 is 2.79 bits per heavy atom. The number of aromatic nitrogens is 1. The van der Waals surface area contributed by atoms with Gasteiger partial charge in [0.2, 0.25) is 0 Å². The first-order valence-electron chi connectivity index (χ1n) is 9.55. The van der Waals surface area contributed by atoms with Crippen molar-refractivity contribution in [2.75, 3.05) is 18.0 Å². The van der Waals surface area contributed by atoms with Crippen LogP contribution >= 0.6 is 0 Å². The van der Waals surface area contributed by atoms with Crippen molar-refractivity contribution in [2.45, 2.75) is 19.3 Å². The van der Waals surface area contributed by atoms with Crippen LogP contribution in [0.3, 0.4) is 0 Å². The Morgan fingerprint density at radius 2 is 1.93 bits per heavy atom. The first kappa shape index (κ1) is 18.2. The van der Waals surface area contributed by atoms with E-state index in [4.69, 9.17) is 0 Å². The topological polar surface area (TPSA) is 45.2 Å². The van der Waals surface area contributed by atoms with E-state index in [9.17, 15) is 9.18 Å². The summed E-state index contributed by atoms with van der Waals surface area (Å²) in [7, 11) is 0. The summed E-state index contributed by atoms with van der Waals surface area (Å²) >= 11 is 0. The summed E-state index contributed by atoms with van der Waals surface area (Å²) in [6.45, 7) is 1.38. The molecule has 4 nitrogen and oxygen atoms in total. The van der Waals surface area contributed by atoms with Crippen LogP contribution in [0.5, 0.6) is 0 Å². The molecule has 0 atom stereocenters. The SMILES string of the molecule is O=C(NCCc1ccc(F)cc1)c1ccnc(N2CCCc3ccccc32)c1. The molecule has 0 spiro atoms. The maximum Gasteiger partial charge on any atom is 0.251 e. The Bertz CT molecular complexity index is 972. The van der Waals surface area contributed by atoms with Crippen molar-refractivity contribution in [2.24, 2.45) is 0 Å². The highest BCUT2D eigenvalue weighted by Gasteiger charge is 2.19. The number of aryl methyl sites for hydroxylation is 1. The smallest absolute Gasteiger partial charge is 0.251 e. The quantitative estimate of drug-likeness (QED) is 0.724. The molecule has 0 radical (unpaired) electrons. The largest absolute Gasteiger partial charge is 0.352 e. The van der Waals surface area contributed by atoms with E-state index >= 15 is 0 Å². The number of rotatable bonds is 5. The number of nitrogens with one attached hydrogen (secondary N) is 1. The van der Waals surface area contributed by atoms with Crippen molar-refractivity contribution in [3.8, 4) is 0 Å². The molecule has 1 N–H and O–H groups in total. The number of benzene rings is 2. The molecule has 0 saturated heterocycles. The lowest BCUT2D eigenvalue weighted by Crippen LogP contribution is -2.27. The minimum Gasteiger partial charge on any atom is -0.352 e. The Balaban J connectivity index is 1.44. The molecular formula is C23H22FN3O. The number of amides is 1. The third-order valence-corrected chi connectivity index (χ3v) is 5.01. The molecule has 1 amide bonds. The zero-order chi connectivity index (χ0) is 19.3. The zero-order valence-corrected chi connectivity index (χ0v) is 15.6. The minimum atomic E-state index is -0.253. The normalized spacial score (nSPS) is 13.1. The Morgan fingerprint density at radius 1 is 1.11 bits per heavy atom. The number of anilines is 2. The molecule has 0 unspecified atom stereocenters. The van der Waals surface area contributed by atoms with Crippen LogP contribution in [0.4, 0.5) is 15.9 Å². The van der Waals surface area contributed by atoms with E-state index in [1.54, 1.807) is 24.4 Å². The predicted molar refractivity (Wildman–Crippen MR) is 108 cm³/mol. The van der Waals surface area contributed by atoms with Gasteiger partial charge in [-0.15, -0.1) is 0 Å².